The molecule has 0 spiro atoms. The second kappa shape index (κ2) is 6.95. The first-order valence-corrected chi connectivity index (χ1v) is 5.99. The van der Waals surface area contributed by atoms with Gasteiger partial charge in [0.05, 0.1) is 6.54 Å². The van der Waals surface area contributed by atoms with Crippen LogP contribution in [0.5, 0.6) is 0 Å². The van der Waals surface area contributed by atoms with E-state index in [4.69, 9.17) is 4.42 Å². The van der Waals surface area contributed by atoms with Crippen molar-refractivity contribution in [2.24, 2.45) is 0 Å². The van der Waals surface area contributed by atoms with Gasteiger partial charge in [0, 0.05) is 21.1 Å². The molecule has 1 rings (SSSR count). The summed E-state index contributed by atoms with van der Waals surface area (Å²) in [6.45, 7) is 3.77. The maximum Gasteiger partial charge on any atom is 0.318 e. The third-order valence-corrected chi connectivity index (χ3v) is 2.36. The predicted molar refractivity (Wildman–Crippen MR) is 68.3 cm³/mol. The molecular weight excluding hydrogens is 234 g/mol. The Labute approximate surface area is 107 Å². The molecule has 0 fully saturated rings. The Morgan fingerprint density at radius 3 is 2.67 bits per heavy atom. The zero-order valence-electron chi connectivity index (χ0n) is 11.4. The first-order valence-electron chi connectivity index (χ1n) is 5.99. The zero-order valence-corrected chi connectivity index (χ0v) is 11.4. The lowest BCUT2D eigenvalue weighted by Crippen LogP contribution is -2.34. The molecule has 7 heteroatoms. The average molecular weight is 255 g/mol. The van der Waals surface area contributed by atoms with E-state index in [0.29, 0.717) is 18.5 Å². The van der Waals surface area contributed by atoms with Crippen molar-refractivity contribution in [3.8, 4) is 0 Å². The van der Waals surface area contributed by atoms with Crippen LogP contribution < -0.4 is 10.2 Å². The number of carbonyl (C=O) groups excluding carboxylic acids is 1. The number of nitrogens with one attached hydrogen (secondary N) is 1. The fourth-order valence-electron chi connectivity index (χ4n) is 1.25. The number of nitrogens with zero attached hydrogens (tertiary/aromatic N) is 4. The molecule has 7 nitrogen and oxygen atoms in total. The number of hydrogen-bond acceptors (Lipinski definition) is 6. The van der Waals surface area contributed by atoms with Gasteiger partial charge < -0.3 is 19.5 Å². The highest BCUT2D eigenvalue weighted by atomic mass is 16.4. The third-order valence-electron chi connectivity index (χ3n) is 2.36. The van der Waals surface area contributed by atoms with Crippen LogP contribution in [0.1, 0.15) is 19.2 Å². The number of amides is 1. The summed E-state index contributed by atoms with van der Waals surface area (Å²) in [5.41, 5.74) is 0. The largest absolute Gasteiger partial charge is 0.407 e. The second-order valence-corrected chi connectivity index (χ2v) is 4.30. The fraction of sp³-hybridized carbons (Fsp3) is 0.727. The van der Waals surface area contributed by atoms with Crippen LogP contribution in [-0.4, -0.2) is 55.2 Å². The first-order chi connectivity index (χ1) is 8.54. The minimum atomic E-state index is -0.0126. The highest BCUT2D eigenvalue weighted by Gasteiger charge is 2.14. The van der Waals surface area contributed by atoms with E-state index in [2.05, 4.69) is 22.4 Å². The maximum absolute atomic E-state index is 11.5. The molecule has 1 N–H and O–H groups in total. The van der Waals surface area contributed by atoms with E-state index >= 15 is 0 Å². The number of rotatable bonds is 7. The minimum absolute atomic E-state index is 0.0126. The Morgan fingerprint density at radius 1 is 1.33 bits per heavy atom. The summed E-state index contributed by atoms with van der Waals surface area (Å²) in [7, 11) is 5.17. The summed E-state index contributed by atoms with van der Waals surface area (Å²) in [4.78, 5) is 14.7. The van der Waals surface area contributed by atoms with Gasteiger partial charge >= 0.3 is 6.01 Å². The lowest BCUT2D eigenvalue weighted by Gasteiger charge is -2.16. The molecule has 0 aliphatic rings. The fourth-order valence-corrected chi connectivity index (χ4v) is 1.25. The van der Waals surface area contributed by atoms with Crippen molar-refractivity contribution in [1.82, 2.24) is 20.4 Å². The molecule has 1 amide bonds. The molecule has 0 aromatic carbocycles. The van der Waals surface area contributed by atoms with Crippen molar-refractivity contribution >= 4 is 11.9 Å². The van der Waals surface area contributed by atoms with Gasteiger partial charge in [-0.3, -0.25) is 4.79 Å². The van der Waals surface area contributed by atoms with Crippen LogP contribution in [0, 0.1) is 0 Å². The molecule has 1 aromatic rings. The monoisotopic (exact) mass is 255 g/mol. The summed E-state index contributed by atoms with van der Waals surface area (Å²) in [5, 5.41) is 11.0. The van der Waals surface area contributed by atoms with E-state index in [9.17, 15) is 4.79 Å². The molecular formula is C11H21N5O2. The SMILES string of the molecule is CCCNCc1nnc(N(C)CC(=O)N(C)C)o1. The molecule has 0 aliphatic carbocycles. The van der Waals surface area contributed by atoms with Gasteiger partial charge in [-0.15, -0.1) is 5.10 Å². The lowest BCUT2D eigenvalue weighted by atomic mass is 10.5. The molecule has 0 atom stereocenters. The summed E-state index contributed by atoms with van der Waals surface area (Å²) >= 11 is 0. The van der Waals surface area contributed by atoms with Crippen LogP contribution in [0.25, 0.3) is 0 Å². The van der Waals surface area contributed by atoms with E-state index in [1.807, 2.05) is 0 Å². The van der Waals surface area contributed by atoms with Gasteiger partial charge in [0.1, 0.15) is 6.54 Å². The van der Waals surface area contributed by atoms with Crippen LogP contribution in [0.4, 0.5) is 6.01 Å². The molecule has 0 saturated heterocycles. The Hall–Kier alpha value is -1.63. The number of aromatic nitrogens is 2. The molecule has 0 saturated carbocycles. The lowest BCUT2D eigenvalue weighted by molar-refractivity contribution is -0.127. The number of hydrogen-bond donors (Lipinski definition) is 1. The summed E-state index contributed by atoms with van der Waals surface area (Å²) in [6.07, 6.45) is 1.05. The molecule has 1 aromatic heterocycles. The van der Waals surface area contributed by atoms with E-state index in [1.165, 1.54) is 4.90 Å². The molecule has 1 heterocycles. The van der Waals surface area contributed by atoms with Gasteiger partial charge in [-0.05, 0) is 13.0 Å². The van der Waals surface area contributed by atoms with Gasteiger partial charge in [0.2, 0.25) is 11.8 Å². The van der Waals surface area contributed by atoms with Gasteiger partial charge in [-0.2, -0.15) is 0 Å². The van der Waals surface area contributed by atoms with E-state index in [-0.39, 0.29) is 12.5 Å². The number of anilines is 1. The Balaban J connectivity index is 2.48. The standard InChI is InChI=1S/C11H21N5O2/c1-5-6-12-7-9-13-14-11(18-9)16(4)8-10(17)15(2)3/h12H,5-8H2,1-4H3. The summed E-state index contributed by atoms with van der Waals surface area (Å²) in [6, 6.07) is 0.360. The molecule has 0 bridgehead atoms. The molecule has 102 valence electrons. The van der Waals surface area contributed by atoms with Crippen molar-refractivity contribution in [3.63, 3.8) is 0 Å². The quantitative estimate of drug-likeness (QED) is 0.696. The predicted octanol–water partition coefficient (Wildman–Crippen LogP) is 0.0936. The van der Waals surface area contributed by atoms with Crippen molar-refractivity contribution in [2.75, 3.05) is 39.1 Å². The first kappa shape index (κ1) is 14.4. The Morgan fingerprint density at radius 2 is 2.06 bits per heavy atom. The molecule has 0 aliphatic heterocycles. The maximum atomic E-state index is 11.5. The van der Waals surface area contributed by atoms with Crippen molar-refractivity contribution in [1.29, 1.82) is 0 Å². The van der Waals surface area contributed by atoms with Gasteiger partial charge in [0.15, 0.2) is 0 Å². The molecule has 0 radical (unpaired) electrons. The molecule has 18 heavy (non-hydrogen) atoms. The van der Waals surface area contributed by atoms with Crippen LogP contribution in [0.15, 0.2) is 4.42 Å². The number of carbonyl (C=O) groups is 1. The van der Waals surface area contributed by atoms with Crippen LogP contribution in [-0.2, 0) is 11.3 Å². The van der Waals surface area contributed by atoms with E-state index < -0.39 is 0 Å². The molecule has 0 unspecified atom stereocenters. The van der Waals surface area contributed by atoms with Crippen molar-refractivity contribution in [3.05, 3.63) is 5.89 Å². The van der Waals surface area contributed by atoms with Gasteiger partial charge in [0.25, 0.3) is 0 Å². The van der Waals surface area contributed by atoms with Crippen molar-refractivity contribution < 1.29 is 9.21 Å². The highest BCUT2D eigenvalue weighted by Crippen LogP contribution is 2.10. The third kappa shape index (κ3) is 4.33. The Kier molecular flexibility index (Phi) is 5.57. The van der Waals surface area contributed by atoms with Crippen LogP contribution in [0.2, 0.25) is 0 Å². The average Bonchev–Trinajstić information content (AvgIpc) is 2.78. The Bertz CT molecular complexity index is 377. The smallest absolute Gasteiger partial charge is 0.318 e. The normalized spacial score (nSPS) is 10.4. The van der Waals surface area contributed by atoms with Gasteiger partial charge in [-0.1, -0.05) is 12.0 Å². The zero-order chi connectivity index (χ0) is 13.5. The van der Waals surface area contributed by atoms with Crippen molar-refractivity contribution in [2.45, 2.75) is 19.9 Å². The highest BCUT2D eigenvalue weighted by molar-refractivity contribution is 5.80. The van der Waals surface area contributed by atoms with E-state index in [0.717, 1.165) is 13.0 Å². The minimum Gasteiger partial charge on any atom is -0.407 e. The van der Waals surface area contributed by atoms with Gasteiger partial charge in [-0.25, -0.2) is 0 Å². The van der Waals surface area contributed by atoms with E-state index in [1.54, 1.807) is 26.0 Å². The topological polar surface area (TPSA) is 74.5 Å². The van der Waals surface area contributed by atoms with Crippen LogP contribution in [0.3, 0.4) is 0 Å². The second-order valence-electron chi connectivity index (χ2n) is 4.30. The van der Waals surface area contributed by atoms with Crippen LogP contribution >= 0.6 is 0 Å². The summed E-state index contributed by atoms with van der Waals surface area (Å²) in [5.74, 6) is 0.518. The number of likely N-dealkylation sites (N-methyl/N-ethyl adjacent to an activating group) is 2. The summed E-state index contributed by atoms with van der Waals surface area (Å²) < 4.78 is 5.44.